The third-order valence-electron chi connectivity index (χ3n) is 5.81. The molecule has 2 aromatic heterocycles. The third-order valence-corrected chi connectivity index (χ3v) is 6.97. The van der Waals surface area contributed by atoms with E-state index in [0.717, 1.165) is 35.3 Å². The van der Waals surface area contributed by atoms with Crippen molar-refractivity contribution in [2.24, 2.45) is 22.6 Å². The second-order valence-corrected chi connectivity index (χ2v) is 8.37. The van der Waals surface area contributed by atoms with Crippen LogP contribution in [0.5, 0.6) is 0 Å². The maximum absolute atomic E-state index is 13.0. The quantitative estimate of drug-likeness (QED) is 0.886. The van der Waals surface area contributed by atoms with E-state index in [1.807, 2.05) is 18.4 Å². The molecule has 3 heterocycles. The van der Waals surface area contributed by atoms with Crippen LogP contribution in [0.3, 0.4) is 0 Å². The molecule has 0 bridgehead atoms. The molecule has 1 aliphatic carbocycles. The summed E-state index contributed by atoms with van der Waals surface area (Å²) in [5.41, 5.74) is 7.80. The van der Waals surface area contributed by atoms with E-state index in [1.54, 1.807) is 30.8 Å². The molecule has 0 unspecified atom stereocenters. The van der Waals surface area contributed by atoms with Gasteiger partial charge < -0.3 is 5.73 Å². The summed E-state index contributed by atoms with van der Waals surface area (Å²) in [6, 6.07) is 6.00. The lowest BCUT2D eigenvalue weighted by molar-refractivity contribution is -0.138. The van der Waals surface area contributed by atoms with Crippen LogP contribution < -0.4 is 5.73 Å². The first-order valence-corrected chi connectivity index (χ1v) is 9.89. The van der Waals surface area contributed by atoms with Gasteiger partial charge in [-0.1, -0.05) is 6.42 Å². The molecule has 6 nitrogen and oxygen atoms in total. The molecule has 1 amide bonds. The highest BCUT2D eigenvalue weighted by Crippen LogP contribution is 2.49. The van der Waals surface area contributed by atoms with Crippen molar-refractivity contribution in [2.45, 2.75) is 31.7 Å². The van der Waals surface area contributed by atoms with Crippen molar-refractivity contribution in [3.63, 3.8) is 0 Å². The number of rotatable bonds is 3. The van der Waals surface area contributed by atoms with Crippen LogP contribution in [-0.2, 0) is 10.3 Å². The first kappa shape index (κ1) is 17.7. The Balaban J connectivity index is 1.77. The SMILES string of the molecule is CN1C(=O)[C@@H](C2CCC2)[C@@](C)(c2cc(-c3cncc(C#N)c3)cs2)N=C1N. The minimum Gasteiger partial charge on any atom is -0.369 e. The predicted molar refractivity (Wildman–Crippen MR) is 105 cm³/mol. The Morgan fingerprint density at radius 2 is 2.11 bits per heavy atom. The van der Waals surface area contributed by atoms with Gasteiger partial charge in [0.25, 0.3) is 0 Å². The number of nitrogens with zero attached hydrogens (tertiary/aromatic N) is 4. The van der Waals surface area contributed by atoms with Gasteiger partial charge in [0.15, 0.2) is 5.96 Å². The number of guanidine groups is 1. The Morgan fingerprint density at radius 3 is 2.78 bits per heavy atom. The van der Waals surface area contributed by atoms with Crippen molar-refractivity contribution in [3.8, 4) is 17.2 Å². The molecule has 2 aromatic rings. The third kappa shape index (κ3) is 2.81. The molecule has 1 fully saturated rings. The van der Waals surface area contributed by atoms with E-state index < -0.39 is 5.54 Å². The molecule has 1 aliphatic heterocycles. The summed E-state index contributed by atoms with van der Waals surface area (Å²) in [7, 11) is 1.70. The molecule has 0 saturated heterocycles. The van der Waals surface area contributed by atoms with Crippen LogP contribution in [0.4, 0.5) is 0 Å². The van der Waals surface area contributed by atoms with Gasteiger partial charge in [-0.3, -0.25) is 14.7 Å². The fourth-order valence-electron chi connectivity index (χ4n) is 4.00. The summed E-state index contributed by atoms with van der Waals surface area (Å²) in [5.74, 6) is 0.466. The average Bonchev–Trinajstić information content (AvgIpc) is 3.13. The lowest BCUT2D eigenvalue weighted by Gasteiger charge is -2.46. The summed E-state index contributed by atoms with van der Waals surface area (Å²) in [5, 5.41) is 11.1. The largest absolute Gasteiger partial charge is 0.369 e. The first-order valence-electron chi connectivity index (χ1n) is 9.01. The van der Waals surface area contributed by atoms with Gasteiger partial charge in [-0.2, -0.15) is 5.26 Å². The number of carbonyl (C=O) groups excluding carboxylic acids is 1. The fourth-order valence-corrected chi connectivity index (χ4v) is 5.06. The molecule has 1 saturated carbocycles. The number of nitriles is 1. The van der Waals surface area contributed by atoms with Gasteiger partial charge in [0.1, 0.15) is 11.6 Å². The monoisotopic (exact) mass is 379 g/mol. The molecule has 0 spiro atoms. The van der Waals surface area contributed by atoms with Crippen LogP contribution in [0.25, 0.3) is 11.1 Å². The number of aliphatic imine (C=N–C) groups is 1. The maximum Gasteiger partial charge on any atom is 0.235 e. The number of nitrogens with two attached hydrogens (primary N) is 1. The van der Waals surface area contributed by atoms with Crippen LogP contribution in [0.1, 0.15) is 36.6 Å². The Morgan fingerprint density at radius 1 is 1.33 bits per heavy atom. The van der Waals surface area contributed by atoms with Gasteiger partial charge in [-0.05, 0) is 48.8 Å². The number of hydrogen-bond acceptors (Lipinski definition) is 6. The van der Waals surface area contributed by atoms with E-state index >= 15 is 0 Å². The highest BCUT2D eigenvalue weighted by atomic mass is 32.1. The number of thiophene rings is 1. The van der Waals surface area contributed by atoms with E-state index in [2.05, 4.69) is 17.1 Å². The molecular formula is C20H21N5OS. The Bertz CT molecular complexity index is 971. The lowest BCUT2D eigenvalue weighted by Crippen LogP contribution is -2.56. The number of carbonyl (C=O) groups is 1. The van der Waals surface area contributed by atoms with Gasteiger partial charge in [0.05, 0.1) is 11.5 Å². The van der Waals surface area contributed by atoms with Crippen LogP contribution in [0.15, 0.2) is 34.9 Å². The fraction of sp³-hybridized carbons (Fsp3) is 0.400. The van der Waals surface area contributed by atoms with E-state index in [4.69, 9.17) is 16.0 Å². The number of aromatic nitrogens is 1. The number of amides is 1. The maximum atomic E-state index is 13.0. The van der Waals surface area contributed by atoms with E-state index in [0.29, 0.717) is 11.5 Å². The molecule has 27 heavy (non-hydrogen) atoms. The van der Waals surface area contributed by atoms with Crippen molar-refractivity contribution >= 4 is 23.2 Å². The normalized spacial score (nSPS) is 25.7. The summed E-state index contributed by atoms with van der Waals surface area (Å²) < 4.78 is 0. The zero-order valence-corrected chi connectivity index (χ0v) is 16.2. The van der Waals surface area contributed by atoms with Crippen molar-refractivity contribution in [1.82, 2.24) is 9.88 Å². The van der Waals surface area contributed by atoms with Gasteiger partial charge in [0.2, 0.25) is 5.91 Å². The first-order chi connectivity index (χ1) is 12.9. The topological polar surface area (TPSA) is 95.4 Å². The molecule has 0 aromatic carbocycles. The van der Waals surface area contributed by atoms with Gasteiger partial charge in [-0.25, -0.2) is 4.99 Å². The molecule has 2 N–H and O–H groups in total. The summed E-state index contributed by atoms with van der Waals surface area (Å²) >= 11 is 1.58. The Labute approximate surface area is 162 Å². The zero-order valence-electron chi connectivity index (χ0n) is 15.3. The van der Waals surface area contributed by atoms with E-state index in [1.165, 1.54) is 4.90 Å². The Hall–Kier alpha value is -2.72. The van der Waals surface area contributed by atoms with Gasteiger partial charge in [-0.15, -0.1) is 11.3 Å². The average molecular weight is 379 g/mol. The highest BCUT2D eigenvalue weighted by molar-refractivity contribution is 7.10. The predicted octanol–water partition coefficient (Wildman–Crippen LogP) is 3.10. The van der Waals surface area contributed by atoms with Gasteiger partial charge >= 0.3 is 0 Å². The van der Waals surface area contributed by atoms with E-state index in [-0.39, 0.29) is 17.8 Å². The summed E-state index contributed by atoms with van der Waals surface area (Å²) in [4.78, 5) is 24.5. The van der Waals surface area contributed by atoms with Gasteiger partial charge in [0, 0.05) is 29.9 Å². The highest BCUT2D eigenvalue weighted by Gasteiger charge is 2.51. The Kier molecular flexibility index (Phi) is 4.23. The lowest BCUT2D eigenvalue weighted by atomic mass is 9.66. The molecule has 4 rings (SSSR count). The minimum atomic E-state index is -0.665. The second-order valence-electron chi connectivity index (χ2n) is 7.46. The molecule has 0 radical (unpaired) electrons. The molecule has 2 atom stereocenters. The van der Waals surface area contributed by atoms with E-state index in [9.17, 15) is 4.79 Å². The van der Waals surface area contributed by atoms with Crippen molar-refractivity contribution < 1.29 is 4.79 Å². The van der Waals surface area contributed by atoms with Crippen LogP contribution in [-0.4, -0.2) is 28.8 Å². The molecule has 2 aliphatic rings. The number of hydrogen-bond donors (Lipinski definition) is 1. The summed E-state index contributed by atoms with van der Waals surface area (Å²) in [6.07, 6.45) is 6.57. The van der Waals surface area contributed by atoms with Crippen LogP contribution >= 0.6 is 11.3 Å². The van der Waals surface area contributed by atoms with Crippen LogP contribution in [0, 0.1) is 23.2 Å². The second kappa shape index (κ2) is 6.46. The standard InChI is InChI=1S/C20H21N5OS/c1-20(17(13-4-3-5-13)18(26)25(2)19(22)24-20)16-7-15(11-27-16)14-6-12(8-21)9-23-10-14/h6-7,9-11,13,17H,3-5H2,1-2H3,(H2,22,24)/t17-,20-/m1/s1. The number of pyridine rings is 1. The van der Waals surface area contributed by atoms with Crippen LogP contribution in [0.2, 0.25) is 0 Å². The zero-order chi connectivity index (χ0) is 19.2. The minimum absolute atomic E-state index is 0.0535. The molecule has 7 heteroatoms. The smallest absolute Gasteiger partial charge is 0.235 e. The molecular weight excluding hydrogens is 358 g/mol. The molecule has 138 valence electrons. The van der Waals surface area contributed by atoms with Crippen molar-refractivity contribution in [2.75, 3.05) is 7.05 Å². The van der Waals surface area contributed by atoms with Crippen molar-refractivity contribution in [3.05, 3.63) is 40.3 Å². The van der Waals surface area contributed by atoms with Crippen molar-refractivity contribution in [1.29, 1.82) is 5.26 Å². The summed E-state index contributed by atoms with van der Waals surface area (Å²) in [6.45, 7) is 2.02.